The molecule has 0 unspecified atom stereocenters. The van der Waals surface area contributed by atoms with Crippen molar-refractivity contribution < 1.29 is 9.53 Å². The van der Waals surface area contributed by atoms with Crippen LogP contribution in [-0.2, 0) is 13.1 Å². The van der Waals surface area contributed by atoms with Crippen LogP contribution in [0.3, 0.4) is 0 Å². The first-order valence-electron chi connectivity index (χ1n) is 10.6. The zero-order valence-electron chi connectivity index (χ0n) is 18.1. The topological polar surface area (TPSA) is 69.7 Å². The van der Waals surface area contributed by atoms with Crippen LogP contribution in [0.2, 0.25) is 0 Å². The van der Waals surface area contributed by atoms with Crippen LogP contribution in [0.5, 0.6) is 5.75 Å². The zero-order valence-corrected chi connectivity index (χ0v) is 18.1. The number of nitrogens with one attached hydrogen (secondary N) is 2. The Bertz CT molecular complexity index is 1030. The van der Waals surface area contributed by atoms with E-state index in [1.54, 1.807) is 7.11 Å². The van der Waals surface area contributed by atoms with Gasteiger partial charge in [0.25, 0.3) is 0 Å². The van der Waals surface area contributed by atoms with Crippen LogP contribution < -0.4 is 20.3 Å². The lowest BCUT2D eigenvalue weighted by atomic mass is 10.1. The third kappa shape index (κ3) is 5.44. The molecule has 1 aromatic heterocycles. The number of carbonyl (C=O) groups is 1. The monoisotopic (exact) mass is 419 g/mol. The zero-order chi connectivity index (χ0) is 21.6. The molecule has 7 nitrogen and oxygen atoms in total. The number of urea groups is 1. The highest BCUT2D eigenvalue weighted by molar-refractivity contribution is 5.84. The molecule has 0 bridgehead atoms. The van der Waals surface area contributed by atoms with Gasteiger partial charge in [-0.3, -0.25) is 0 Å². The van der Waals surface area contributed by atoms with Crippen LogP contribution in [0.25, 0.3) is 10.8 Å². The maximum absolute atomic E-state index is 12.2. The lowest BCUT2D eigenvalue weighted by Crippen LogP contribution is -2.44. The Labute approximate surface area is 183 Å². The highest BCUT2D eigenvalue weighted by Crippen LogP contribution is 2.21. The summed E-state index contributed by atoms with van der Waals surface area (Å²) in [6.07, 6.45) is 1.84. The number of hydrogen-bond donors (Lipinski definition) is 2. The molecule has 162 valence electrons. The number of likely N-dealkylation sites (N-methyl/N-ethyl adjacent to an activating group) is 1. The van der Waals surface area contributed by atoms with Gasteiger partial charge in [-0.05, 0) is 53.2 Å². The van der Waals surface area contributed by atoms with Gasteiger partial charge in [-0.2, -0.15) is 0 Å². The summed E-state index contributed by atoms with van der Waals surface area (Å²) in [4.78, 5) is 21.4. The van der Waals surface area contributed by atoms with Crippen molar-refractivity contribution in [1.82, 2.24) is 20.5 Å². The summed E-state index contributed by atoms with van der Waals surface area (Å²) in [5.41, 5.74) is 2.03. The average Bonchev–Trinajstić information content (AvgIpc) is 2.82. The van der Waals surface area contributed by atoms with Gasteiger partial charge in [0, 0.05) is 45.5 Å². The van der Waals surface area contributed by atoms with E-state index in [2.05, 4.69) is 38.5 Å². The summed E-state index contributed by atoms with van der Waals surface area (Å²) in [5, 5.41) is 8.04. The van der Waals surface area contributed by atoms with Gasteiger partial charge in [-0.15, -0.1) is 0 Å². The summed E-state index contributed by atoms with van der Waals surface area (Å²) in [6, 6.07) is 16.0. The van der Waals surface area contributed by atoms with E-state index in [1.807, 2.05) is 48.7 Å². The quantitative estimate of drug-likeness (QED) is 0.643. The van der Waals surface area contributed by atoms with Crippen molar-refractivity contribution in [3.05, 3.63) is 65.9 Å². The fraction of sp³-hybridized carbons (Fsp3) is 0.333. The molecule has 2 heterocycles. The van der Waals surface area contributed by atoms with Gasteiger partial charge < -0.3 is 25.2 Å². The number of amides is 2. The largest absolute Gasteiger partial charge is 0.497 e. The summed E-state index contributed by atoms with van der Waals surface area (Å²) in [7, 11) is 3.80. The van der Waals surface area contributed by atoms with Crippen molar-refractivity contribution >= 4 is 22.6 Å². The number of methoxy groups -OCH3 is 1. The van der Waals surface area contributed by atoms with Gasteiger partial charge in [0.15, 0.2) is 0 Å². The number of hydrogen-bond acceptors (Lipinski definition) is 5. The summed E-state index contributed by atoms with van der Waals surface area (Å²) in [5.74, 6) is 1.83. The van der Waals surface area contributed by atoms with Crippen LogP contribution >= 0.6 is 0 Å². The number of nitrogens with zero attached hydrogens (tertiary/aromatic N) is 3. The molecule has 2 amide bonds. The normalized spacial score (nSPS) is 14.5. The Morgan fingerprint density at radius 3 is 2.32 bits per heavy atom. The SMILES string of the molecule is COc1ccc2cc(CNC(=O)NCc3ccc(N4CCN(C)CC4)nc3)ccc2c1. The maximum atomic E-state index is 12.2. The molecule has 4 rings (SSSR count). The Morgan fingerprint density at radius 1 is 0.935 bits per heavy atom. The van der Waals surface area contributed by atoms with Gasteiger partial charge in [0.1, 0.15) is 11.6 Å². The second-order valence-electron chi connectivity index (χ2n) is 7.90. The van der Waals surface area contributed by atoms with Gasteiger partial charge in [0.05, 0.1) is 7.11 Å². The number of benzene rings is 2. The molecule has 3 aromatic rings. The van der Waals surface area contributed by atoms with E-state index in [1.165, 1.54) is 0 Å². The molecule has 0 atom stereocenters. The van der Waals surface area contributed by atoms with E-state index < -0.39 is 0 Å². The van der Waals surface area contributed by atoms with Gasteiger partial charge >= 0.3 is 6.03 Å². The molecule has 1 aliphatic heterocycles. The highest BCUT2D eigenvalue weighted by atomic mass is 16.5. The van der Waals surface area contributed by atoms with E-state index in [0.717, 1.165) is 59.6 Å². The Hall–Kier alpha value is -3.32. The molecule has 0 spiro atoms. The van der Waals surface area contributed by atoms with Crippen LogP contribution in [-0.4, -0.2) is 56.3 Å². The standard InChI is InChI=1S/C24H29N5O2/c1-28-9-11-29(12-10-28)23-8-4-19(16-25-23)17-27-24(30)26-15-18-3-5-21-14-22(31-2)7-6-20(21)13-18/h3-8,13-14,16H,9-12,15,17H2,1-2H3,(H2,26,27,30). The number of aromatic nitrogens is 1. The van der Waals surface area contributed by atoms with E-state index in [9.17, 15) is 4.79 Å². The maximum Gasteiger partial charge on any atom is 0.315 e. The minimum Gasteiger partial charge on any atom is -0.497 e. The molecule has 1 aliphatic rings. The van der Waals surface area contributed by atoms with E-state index in [4.69, 9.17) is 4.74 Å². The first kappa shape index (κ1) is 20.9. The third-order valence-corrected chi connectivity index (χ3v) is 5.65. The number of anilines is 1. The third-order valence-electron chi connectivity index (χ3n) is 5.65. The van der Waals surface area contributed by atoms with Crippen LogP contribution in [0.4, 0.5) is 10.6 Å². The second-order valence-corrected chi connectivity index (χ2v) is 7.90. The minimum atomic E-state index is -0.196. The molecule has 1 saturated heterocycles. The average molecular weight is 420 g/mol. The Morgan fingerprint density at radius 2 is 1.61 bits per heavy atom. The minimum absolute atomic E-state index is 0.196. The van der Waals surface area contributed by atoms with Crippen molar-refractivity contribution in [2.24, 2.45) is 0 Å². The Kier molecular flexibility index (Phi) is 6.52. The summed E-state index contributed by atoms with van der Waals surface area (Å²) in [6.45, 7) is 5.00. The molecule has 2 aromatic carbocycles. The molecule has 0 aliphatic carbocycles. The van der Waals surface area contributed by atoms with Crippen molar-refractivity contribution in [2.45, 2.75) is 13.1 Å². The number of carbonyl (C=O) groups excluding carboxylic acids is 1. The lowest BCUT2D eigenvalue weighted by Gasteiger charge is -2.33. The van der Waals surface area contributed by atoms with Crippen LogP contribution in [0, 0.1) is 0 Å². The predicted molar refractivity (Wildman–Crippen MR) is 124 cm³/mol. The fourth-order valence-corrected chi connectivity index (χ4v) is 3.68. The van der Waals surface area contributed by atoms with Crippen LogP contribution in [0.1, 0.15) is 11.1 Å². The van der Waals surface area contributed by atoms with Crippen LogP contribution in [0.15, 0.2) is 54.7 Å². The molecular formula is C24H29N5O2. The highest BCUT2D eigenvalue weighted by Gasteiger charge is 2.15. The first-order valence-corrected chi connectivity index (χ1v) is 10.6. The number of rotatable bonds is 6. The fourth-order valence-electron chi connectivity index (χ4n) is 3.68. The number of piperazine rings is 1. The molecular weight excluding hydrogens is 390 g/mol. The van der Waals surface area contributed by atoms with Crippen molar-refractivity contribution in [2.75, 3.05) is 45.2 Å². The van der Waals surface area contributed by atoms with E-state index >= 15 is 0 Å². The van der Waals surface area contributed by atoms with Crippen molar-refractivity contribution in [3.8, 4) is 5.75 Å². The number of ether oxygens (including phenoxy) is 1. The van der Waals surface area contributed by atoms with Crippen molar-refractivity contribution in [3.63, 3.8) is 0 Å². The molecule has 0 saturated carbocycles. The summed E-state index contributed by atoms with van der Waals surface area (Å²) < 4.78 is 5.26. The number of fused-ring (bicyclic) bond motifs is 1. The van der Waals surface area contributed by atoms with E-state index in [0.29, 0.717) is 13.1 Å². The van der Waals surface area contributed by atoms with Gasteiger partial charge in [-0.1, -0.05) is 24.3 Å². The van der Waals surface area contributed by atoms with Gasteiger partial charge in [-0.25, -0.2) is 9.78 Å². The molecule has 0 radical (unpaired) electrons. The predicted octanol–water partition coefficient (Wildman–Crippen LogP) is 2.99. The molecule has 1 fully saturated rings. The Balaban J connectivity index is 1.25. The molecule has 2 N–H and O–H groups in total. The van der Waals surface area contributed by atoms with Crippen molar-refractivity contribution in [1.29, 1.82) is 0 Å². The van der Waals surface area contributed by atoms with E-state index in [-0.39, 0.29) is 6.03 Å². The smallest absolute Gasteiger partial charge is 0.315 e. The molecule has 31 heavy (non-hydrogen) atoms. The lowest BCUT2D eigenvalue weighted by molar-refractivity contribution is 0.240. The summed E-state index contributed by atoms with van der Waals surface area (Å²) >= 11 is 0. The van der Waals surface area contributed by atoms with Gasteiger partial charge in [0.2, 0.25) is 0 Å². The number of pyridine rings is 1. The molecule has 7 heteroatoms. The second kappa shape index (κ2) is 9.66. The first-order chi connectivity index (χ1) is 15.1.